The van der Waals surface area contributed by atoms with E-state index in [1.54, 1.807) is 0 Å². The van der Waals surface area contributed by atoms with Crippen LogP contribution in [0.25, 0.3) is 11.2 Å². The van der Waals surface area contributed by atoms with Crippen molar-refractivity contribution in [2.75, 3.05) is 12.3 Å². The topological polar surface area (TPSA) is 290 Å². The molecule has 2 aromatic heterocycles. The molecule has 186 valence electrons. The maximum atomic E-state index is 12.1. The van der Waals surface area contributed by atoms with Crippen LogP contribution in [-0.4, -0.2) is 69.2 Å². The summed E-state index contributed by atoms with van der Waals surface area (Å²) in [7, 11) is -15.3. The summed E-state index contributed by atoms with van der Waals surface area (Å²) in [5.41, 5.74) is 4.96. The molecular formula is C11H19N5O14P3+. The third-order valence-corrected chi connectivity index (χ3v) is 8.02. The minimum absolute atomic E-state index is 0.0245. The molecule has 22 heteroatoms. The Morgan fingerprint density at radius 3 is 2.42 bits per heavy atom. The Morgan fingerprint density at radius 1 is 1.18 bits per heavy atom. The highest BCUT2D eigenvalue weighted by atomic mass is 31.3. The second-order valence-electron chi connectivity index (χ2n) is 6.69. The molecule has 2 unspecified atom stereocenters. The smallest absolute Gasteiger partial charge is 0.387 e. The summed E-state index contributed by atoms with van der Waals surface area (Å²) in [4.78, 5) is 54.1. The van der Waals surface area contributed by atoms with Gasteiger partial charge in [0.15, 0.2) is 6.33 Å². The average molecular weight is 538 g/mol. The zero-order valence-corrected chi connectivity index (χ0v) is 19.0. The minimum atomic E-state index is -5.73. The molecule has 0 amide bonds. The zero-order valence-electron chi connectivity index (χ0n) is 16.3. The van der Waals surface area contributed by atoms with Gasteiger partial charge in [-0.2, -0.15) is 8.62 Å². The number of nitrogens with zero attached hydrogens (tertiary/aromatic N) is 3. The van der Waals surface area contributed by atoms with Crippen LogP contribution in [-0.2, 0) is 38.6 Å². The number of aromatic nitrogens is 4. The van der Waals surface area contributed by atoms with Gasteiger partial charge in [0.1, 0.15) is 18.3 Å². The van der Waals surface area contributed by atoms with E-state index >= 15 is 0 Å². The number of aromatic amines is 1. The van der Waals surface area contributed by atoms with Crippen LogP contribution in [0.5, 0.6) is 0 Å². The Bertz CT molecular complexity index is 1260. The highest BCUT2D eigenvalue weighted by molar-refractivity contribution is 7.66. The van der Waals surface area contributed by atoms with Crippen LogP contribution < -0.4 is 15.9 Å². The number of nitrogens with two attached hydrogens (primary N) is 1. The van der Waals surface area contributed by atoms with Gasteiger partial charge in [-0.15, -0.1) is 0 Å². The van der Waals surface area contributed by atoms with E-state index < -0.39 is 60.2 Å². The summed E-state index contributed by atoms with van der Waals surface area (Å²) in [6.07, 6.45) is -5.00. The van der Waals surface area contributed by atoms with Crippen molar-refractivity contribution in [2.45, 2.75) is 24.5 Å². The number of hydrogen-bond acceptors (Lipinski definition) is 12. The van der Waals surface area contributed by atoms with Gasteiger partial charge in [0.25, 0.3) is 11.5 Å². The monoisotopic (exact) mass is 538 g/mol. The average Bonchev–Trinajstić information content (AvgIpc) is 3.07. The van der Waals surface area contributed by atoms with Crippen molar-refractivity contribution < 1.29 is 65.9 Å². The summed E-state index contributed by atoms with van der Waals surface area (Å²) in [5, 5.41) is 20.6. The van der Waals surface area contributed by atoms with Crippen molar-refractivity contribution in [1.29, 1.82) is 0 Å². The summed E-state index contributed by atoms with van der Waals surface area (Å²) in [5.74, 6) is -0.246. The first-order chi connectivity index (χ1) is 15.0. The van der Waals surface area contributed by atoms with Crippen molar-refractivity contribution in [3.8, 4) is 0 Å². The van der Waals surface area contributed by atoms with E-state index in [9.17, 15) is 33.6 Å². The summed E-state index contributed by atoms with van der Waals surface area (Å²) >= 11 is 0. The molecule has 1 aliphatic heterocycles. The quantitative estimate of drug-likeness (QED) is 0.123. The predicted molar refractivity (Wildman–Crippen MR) is 102 cm³/mol. The first-order valence-electron chi connectivity index (χ1n) is 8.55. The first kappa shape index (κ1) is 26.1. The zero-order chi connectivity index (χ0) is 24.9. The minimum Gasteiger partial charge on any atom is -0.387 e. The number of rotatable bonds is 8. The second kappa shape index (κ2) is 8.90. The summed E-state index contributed by atoms with van der Waals surface area (Å²) < 4.78 is 53.3. The molecule has 1 aliphatic rings. The van der Waals surface area contributed by atoms with Crippen LogP contribution in [0.1, 0.15) is 6.23 Å². The molecule has 1 saturated heterocycles. The SMILES string of the molecule is Cn1c[n+]([C@H]2O[C@@H](COP(=O)(O)OP(=O)(O)OP(=O)(O)O)[C@@H](O)[C@H]2O)c2nc(N)[nH]c(=O)c21. The fourth-order valence-corrected chi connectivity index (χ4v) is 6.05. The molecule has 33 heavy (non-hydrogen) atoms. The lowest BCUT2D eigenvalue weighted by Crippen LogP contribution is -2.46. The highest BCUT2D eigenvalue weighted by Gasteiger charge is 2.48. The van der Waals surface area contributed by atoms with E-state index in [-0.39, 0.29) is 17.1 Å². The third kappa shape index (κ3) is 5.93. The number of phosphoric acid groups is 3. The number of nitrogen functional groups attached to an aromatic ring is 1. The van der Waals surface area contributed by atoms with Crippen molar-refractivity contribution >= 4 is 40.6 Å². The van der Waals surface area contributed by atoms with Crippen LogP contribution in [0, 0.1) is 0 Å². The third-order valence-electron chi connectivity index (χ3n) is 4.22. The van der Waals surface area contributed by atoms with E-state index in [0.717, 1.165) is 0 Å². The van der Waals surface area contributed by atoms with E-state index in [0.29, 0.717) is 0 Å². The fourth-order valence-electron chi connectivity index (χ4n) is 3.02. The Labute approximate surface area is 182 Å². The van der Waals surface area contributed by atoms with E-state index in [1.807, 2.05) is 0 Å². The highest BCUT2D eigenvalue weighted by Crippen LogP contribution is 2.66. The van der Waals surface area contributed by atoms with Crippen molar-refractivity contribution in [2.24, 2.45) is 7.05 Å². The molecule has 19 nitrogen and oxygen atoms in total. The number of anilines is 1. The number of nitrogens with one attached hydrogen (secondary N) is 1. The lowest BCUT2D eigenvalue weighted by Gasteiger charge is -2.18. The lowest BCUT2D eigenvalue weighted by molar-refractivity contribution is -0.745. The van der Waals surface area contributed by atoms with Crippen LogP contribution in [0.2, 0.25) is 0 Å². The molecule has 3 heterocycles. The number of hydrogen-bond donors (Lipinski definition) is 8. The van der Waals surface area contributed by atoms with Crippen LogP contribution in [0.15, 0.2) is 11.1 Å². The van der Waals surface area contributed by atoms with Gasteiger partial charge in [0, 0.05) is 0 Å². The van der Waals surface area contributed by atoms with E-state index in [2.05, 4.69) is 23.1 Å². The molecule has 0 aromatic carbocycles. The van der Waals surface area contributed by atoms with E-state index in [1.165, 1.54) is 22.5 Å². The van der Waals surface area contributed by atoms with Gasteiger partial charge in [0.05, 0.1) is 13.7 Å². The second-order valence-corrected chi connectivity index (χ2v) is 11.1. The Kier molecular flexibility index (Phi) is 7.03. The van der Waals surface area contributed by atoms with Gasteiger partial charge >= 0.3 is 29.1 Å². The standard InChI is InChI=1S/C11H18N5O14P3/c1-15-3-16(8-5(15)9(19)14-11(12)13-8)10-7(18)6(17)4(28-10)2-27-32(23,24)30-33(25,26)29-31(20,21)22/h3-4,6-7,10,17-18H,2H2,1H3,(H6-,12,13,14,19,20,21,22,23,24,25,26)/p+1/t4-,6+,7+,10-/m0/s1. The van der Waals surface area contributed by atoms with Crippen LogP contribution >= 0.6 is 23.5 Å². The first-order valence-corrected chi connectivity index (χ1v) is 13.1. The Hall–Kier alpha value is -1.56. The maximum Gasteiger partial charge on any atom is 0.490 e. The molecule has 0 saturated carbocycles. The summed E-state index contributed by atoms with van der Waals surface area (Å²) in [6, 6.07) is 0. The molecular weight excluding hydrogens is 519 g/mol. The normalized spacial score (nSPS) is 27.5. The van der Waals surface area contributed by atoms with Crippen molar-refractivity contribution in [3.05, 3.63) is 16.7 Å². The van der Waals surface area contributed by atoms with Crippen molar-refractivity contribution in [3.63, 3.8) is 0 Å². The van der Waals surface area contributed by atoms with Gasteiger partial charge in [0.2, 0.25) is 11.7 Å². The number of aryl methyl sites for hydroxylation is 1. The van der Waals surface area contributed by atoms with Gasteiger partial charge < -0.3 is 40.3 Å². The van der Waals surface area contributed by atoms with Gasteiger partial charge in [-0.1, -0.05) is 4.98 Å². The summed E-state index contributed by atoms with van der Waals surface area (Å²) in [6.45, 7) is -1.00. The number of aliphatic hydroxyl groups is 2. The molecule has 0 radical (unpaired) electrons. The van der Waals surface area contributed by atoms with Crippen LogP contribution in [0.3, 0.4) is 0 Å². The molecule has 1 fully saturated rings. The van der Waals surface area contributed by atoms with E-state index in [4.69, 9.17) is 25.2 Å². The van der Waals surface area contributed by atoms with Gasteiger partial charge in [-0.25, -0.2) is 18.3 Å². The molecule has 9 N–H and O–H groups in total. The molecule has 6 atom stereocenters. The molecule has 0 spiro atoms. The number of ether oxygens (including phenoxy) is 1. The number of phosphoric ester groups is 1. The van der Waals surface area contributed by atoms with Gasteiger partial charge in [-0.3, -0.25) is 18.9 Å². The van der Waals surface area contributed by atoms with Crippen molar-refractivity contribution in [1.82, 2.24) is 14.5 Å². The molecule has 2 aromatic rings. The predicted octanol–water partition coefficient (Wildman–Crippen LogP) is -2.91. The molecule has 0 bridgehead atoms. The fraction of sp³-hybridized carbons (Fsp3) is 0.545. The molecule has 3 rings (SSSR count). The molecule has 0 aliphatic carbocycles. The largest absolute Gasteiger partial charge is 0.490 e. The number of aliphatic hydroxyl groups excluding tert-OH is 2. The number of fused-ring (bicyclic) bond motifs is 1. The van der Waals surface area contributed by atoms with Gasteiger partial charge in [-0.05, 0) is 0 Å². The Balaban J connectivity index is 1.76. The number of imidazole rings is 1. The Morgan fingerprint density at radius 2 is 1.82 bits per heavy atom. The maximum absolute atomic E-state index is 12.1. The lowest BCUT2D eigenvalue weighted by atomic mass is 10.1. The number of H-pyrrole nitrogens is 1. The van der Waals surface area contributed by atoms with Crippen LogP contribution in [0.4, 0.5) is 5.95 Å².